The van der Waals surface area contributed by atoms with Crippen LogP contribution in [0.5, 0.6) is 11.5 Å². The van der Waals surface area contributed by atoms with Gasteiger partial charge in [-0.05, 0) is 19.1 Å². The third-order valence-electron chi connectivity index (χ3n) is 4.93. The summed E-state index contributed by atoms with van der Waals surface area (Å²) in [6, 6.07) is 4.94. The van der Waals surface area contributed by atoms with Crippen molar-refractivity contribution in [3.05, 3.63) is 36.3 Å². The van der Waals surface area contributed by atoms with Gasteiger partial charge in [0.15, 0.2) is 17.1 Å². The lowest BCUT2D eigenvalue weighted by atomic mass is 9.82. The van der Waals surface area contributed by atoms with E-state index in [0.29, 0.717) is 16.8 Å². The van der Waals surface area contributed by atoms with E-state index in [1.807, 2.05) is 0 Å². The fourth-order valence-corrected chi connectivity index (χ4v) is 3.38. The predicted octanol–water partition coefficient (Wildman–Crippen LogP) is 3.89. The highest BCUT2D eigenvalue weighted by Gasteiger charge is 2.45. The number of primary amides is 1. The van der Waals surface area contributed by atoms with Gasteiger partial charge in [-0.2, -0.15) is 0 Å². The Kier molecular flexibility index (Phi) is 5.81. The zero-order valence-electron chi connectivity index (χ0n) is 17.1. The van der Waals surface area contributed by atoms with Crippen molar-refractivity contribution >= 4 is 17.1 Å². The topological polar surface area (TPSA) is 112 Å². The number of fused-ring (bicyclic) bond motifs is 1. The Balaban J connectivity index is 1.42. The van der Waals surface area contributed by atoms with Gasteiger partial charge in [-0.15, -0.1) is 0 Å². The number of nitrogens with two attached hydrogens (primary N) is 1. The van der Waals surface area contributed by atoms with Crippen LogP contribution in [0.4, 0.5) is 18.0 Å². The molecule has 0 aliphatic heterocycles. The van der Waals surface area contributed by atoms with Gasteiger partial charge in [0.25, 0.3) is 0 Å². The summed E-state index contributed by atoms with van der Waals surface area (Å²) in [4.78, 5) is 19.1. The first kappa shape index (κ1) is 21.7. The molecule has 4 rings (SSSR count). The van der Waals surface area contributed by atoms with Gasteiger partial charge in [-0.1, -0.05) is 0 Å². The number of halogens is 3. The molecule has 1 aliphatic carbocycles. The van der Waals surface area contributed by atoms with E-state index in [1.54, 1.807) is 25.1 Å². The van der Waals surface area contributed by atoms with Gasteiger partial charge >= 0.3 is 6.03 Å². The fourth-order valence-electron chi connectivity index (χ4n) is 3.38. The van der Waals surface area contributed by atoms with Crippen molar-refractivity contribution in [2.75, 3.05) is 13.2 Å². The second-order valence-corrected chi connectivity index (χ2v) is 7.81. The molecule has 0 radical (unpaired) electrons. The second-order valence-electron chi connectivity index (χ2n) is 7.81. The first-order chi connectivity index (χ1) is 15.2. The summed E-state index contributed by atoms with van der Waals surface area (Å²) in [5.74, 6) is -2.88. The number of carbonyl (C=O) groups excluding carboxylic acids is 1. The van der Waals surface area contributed by atoms with Crippen molar-refractivity contribution in [2.24, 2.45) is 11.7 Å². The van der Waals surface area contributed by atoms with E-state index in [2.05, 4.69) is 15.3 Å². The van der Waals surface area contributed by atoms with Gasteiger partial charge < -0.3 is 24.9 Å². The molecule has 0 unspecified atom stereocenters. The van der Waals surface area contributed by atoms with Crippen LogP contribution in [0.15, 0.2) is 34.9 Å². The maximum absolute atomic E-state index is 14.6. The van der Waals surface area contributed by atoms with E-state index in [0.717, 1.165) is 6.07 Å². The van der Waals surface area contributed by atoms with Crippen LogP contribution in [0, 0.1) is 11.7 Å². The molecule has 2 amide bonds. The molecule has 0 bridgehead atoms. The molecule has 2 heterocycles. The molecule has 1 aromatic carbocycles. The zero-order chi connectivity index (χ0) is 22.9. The van der Waals surface area contributed by atoms with Crippen LogP contribution in [0.2, 0.25) is 0 Å². The molecule has 1 saturated carbocycles. The Morgan fingerprint density at radius 1 is 1.31 bits per heavy atom. The van der Waals surface area contributed by atoms with Crippen molar-refractivity contribution < 1.29 is 31.9 Å². The second kappa shape index (κ2) is 8.56. The number of urea groups is 1. The predicted molar refractivity (Wildman–Crippen MR) is 108 cm³/mol. The number of hydrogen-bond acceptors (Lipinski definition) is 6. The standard InChI is InChI=1S/C21H21F3N4O4/c1-11(27-20(25)29)9-30-14-4-15(22)18(26-8-14)19-28-16-3-2-13(5-17(16)32-19)31-10-12-6-21(23,24)7-12/h2-5,8,11-12H,6-7,9-10H2,1H3,(H3,25,27,29)/t11-/m0/s1. The minimum absolute atomic E-state index is 0.0244. The molecular formula is C21H21F3N4O4. The Morgan fingerprint density at radius 2 is 2.09 bits per heavy atom. The number of carbonyl (C=O) groups is 1. The number of hydrogen-bond donors (Lipinski definition) is 2. The number of amides is 2. The molecule has 8 nitrogen and oxygen atoms in total. The number of alkyl halides is 2. The van der Waals surface area contributed by atoms with E-state index < -0.39 is 17.8 Å². The van der Waals surface area contributed by atoms with Gasteiger partial charge in [0.1, 0.15) is 23.6 Å². The summed E-state index contributed by atoms with van der Waals surface area (Å²) >= 11 is 0. The molecule has 11 heteroatoms. The summed E-state index contributed by atoms with van der Waals surface area (Å²) in [7, 11) is 0. The number of nitrogens with one attached hydrogen (secondary N) is 1. The lowest BCUT2D eigenvalue weighted by molar-refractivity contribution is -0.119. The Bertz CT molecular complexity index is 1130. The largest absolute Gasteiger partial charge is 0.493 e. The average Bonchev–Trinajstić information content (AvgIpc) is 3.11. The number of ether oxygens (including phenoxy) is 2. The first-order valence-corrected chi connectivity index (χ1v) is 9.94. The number of nitrogens with zero attached hydrogens (tertiary/aromatic N) is 2. The van der Waals surface area contributed by atoms with Gasteiger partial charge in [0.05, 0.1) is 18.8 Å². The van der Waals surface area contributed by atoms with Crippen molar-refractivity contribution in [3.8, 4) is 23.1 Å². The third-order valence-corrected chi connectivity index (χ3v) is 4.93. The van der Waals surface area contributed by atoms with Crippen molar-refractivity contribution in [1.29, 1.82) is 0 Å². The summed E-state index contributed by atoms with van der Waals surface area (Å²) in [6.07, 6.45) is 0.965. The SMILES string of the molecule is C[C@@H](COc1cnc(-c2nc3ccc(OCC4CC(F)(F)C4)cc3o2)c(F)c1)NC(N)=O. The lowest BCUT2D eigenvalue weighted by Crippen LogP contribution is -2.40. The molecule has 0 spiro atoms. The smallest absolute Gasteiger partial charge is 0.312 e. The summed E-state index contributed by atoms with van der Waals surface area (Å²) in [5.41, 5.74) is 5.75. The highest BCUT2D eigenvalue weighted by Crippen LogP contribution is 2.42. The summed E-state index contributed by atoms with van der Waals surface area (Å²) in [6.45, 7) is 1.95. The molecule has 170 valence electrons. The van der Waals surface area contributed by atoms with Gasteiger partial charge in [0, 0.05) is 30.9 Å². The minimum atomic E-state index is -2.59. The quantitative estimate of drug-likeness (QED) is 0.539. The fraction of sp³-hybridized carbons (Fsp3) is 0.381. The molecule has 0 saturated heterocycles. The highest BCUT2D eigenvalue weighted by atomic mass is 19.3. The summed E-state index contributed by atoms with van der Waals surface area (Å²) < 4.78 is 57.0. The average molecular weight is 450 g/mol. The molecule has 2 aromatic heterocycles. The summed E-state index contributed by atoms with van der Waals surface area (Å²) in [5, 5.41) is 2.44. The van der Waals surface area contributed by atoms with Gasteiger partial charge in [-0.25, -0.2) is 27.9 Å². The zero-order valence-corrected chi connectivity index (χ0v) is 17.1. The molecule has 3 aromatic rings. The van der Waals surface area contributed by atoms with E-state index in [9.17, 15) is 18.0 Å². The number of pyridine rings is 1. The Morgan fingerprint density at radius 3 is 2.78 bits per heavy atom. The van der Waals surface area contributed by atoms with Crippen LogP contribution < -0.4 is 20.5 Å². The molecule has 3 N–H and O–H groups in total. The first-order valence-electron chi connectivity index (χ1n) is 9.94. The van der Waals surface area contributed by atoms with Gasteiger partial charge in [0.2, 0.25) is 11.8 Å². The number of aromatic nitrogens is 2. The molecule has 1 fully saturated rings. The van der Waals surface area contributed by atoms with Crippen LogP contribution in [-0.2, 0) is 0 Å². The number of benzene rings is 1. The van der Waals surface area contributed by atoms with E-state index >= 15 is 0 Å². The lowest BCUT2D eigenvalue weighted by Gasteiger charge is -2.34. The molecule has 1 aliphatic rings. The van der Waals surface area contributed by atoms with E-state index in [1.165, 1.54) is 6.20 Å². The maximum atomic E-state index is 14.6. The third kappa shape index (κ3) is 5.04. The molecular weight excluding hydrogens is 429 g/mol. The number of rotatable bonds is 8. The van der Waals surface area contributed by atoms with Crippen molar-refractivity contribution in [1.82, 2.24) is 15.3 Å². The van der Waals surface area contributed by atoms with E-state index in [4.69, 9.17) is 19.6 Å². The van der Waals surface area contributed by atoms with Crippen LogP contribution in [0.3, 0.4) is 0 Å². The van der Waals surface area contributed by atoms with Crippen LogP contribution in [0.25, 0.3) is 22.7 Å². The maximum Gasteiger partial charge on any atom is 0.312 e. The molecule has 1 atom stereocenters. The highest BCUT2D eigenvalue weighted by molar-refractivity contribution is 5.77. The number of oxazole rings is 1. The minimum Gasteiger partial charge on any atom is -0.493 e. The Hall–Kier alpha value is -3.50. The van der Waals surface area contributed by atoms with Crippen molar-refractivity contribution in [3.63, 3.8) is 0 Å². The molecule has 32 heavy (non-hydrogen) atoms. The Labute approximate surface area is 180 Å². The van der Waals surface area contributed by atoms with E-state index in [-0.39, 0.29) is 55.3 Å². The van der Waals surface area contributed by atoms with Crippen LogP contribution in [0.1, 0.15) is 19.8 Å². The normalized spacial score (nSPS) is 16.4. The van der Waals surface area contributed by atoms with Crippen molar-refractivity contribution in [2.45, 2.75) is 31.7 Å². The van der Waals surface area contributed by atoms with Crippen LogP contribution >= 0.6 is 0 Å². The monoisotopic (exact) mass is 450 g/mol. The van der Waals surface area contributed by atoms with Crippen LogP contribution in [-0.4, -0.2) is 41.2 Å². The van der Waals surface area contributed by atoms with Gasteiger partial charge in [-0.3, -0.25) is 0 Å².